The van der Waals surface area contributed by atoms with Crippen molar-refractivity contribution in [3.63, 3.8) is 0 Å². The number of carbonyl (C=O) groups excluding carboxylic acids is 2. The van der Waals surface area contributed by atoms with E-state index in [0.717, 1.165) is 10.9 Å². The third-order valence-electron chi connectivity index (χ3n) is 2.37. The molecule has 1 aromatic carbocycles. The van der Waals surface area contributed by atoms with Crippen LogP contribution in [-0.2, 0) is 25.7 Å². The molecule has 0 bridgehead atoms. The van der Waals surface area contributed by atoms with Gasteiger partial charge in [-0.15, -0.1) is 0 Å². The summed E-state index contributed by atoms with van der Waals surface area (Å²) in [4.78, 5) is 23.2. The number of Topliss-reactive ketones (excluding diaryl/α,β-unsaturated/α-hetero) is 1. The van der Waals surface area contributed by atoms with Crippen molar-refractivity contribution in [2.75, 3.05) is 12.5 Å². The molecule has 20 heavy (non-hydrogen) atoms. The summed E-state index contributed by atoms with van der Waals surface area (Å²) in [6, 6.07) is 8.46. The standard InChI is InChI=1S/C14H19NO4S/c1-11(13(16)10-20(2,3)18)15-14(17)19-9-12-7-5-4-6-8-12/h4-8,10-11H,9H2,1-3H3,(H,15,17)/t11-/m0/s1. The number of ketones is 1. The van der Waals surface area contributed by atoms with Crippen LogP contribution in [0.5, 0.6) is 0 Å². The van der Waals surface area contributed by atoms with Gasteiger partial charge in [0.15, 0.2) is 5.78 Å². The number of hydrogen-bond acceptors (Lipinski definition) is 4. The van der Waals surface area contributed by atoms with Crippen molar-refractivity contribution in [3.8, 4) is 0 Å². The smallest absolute Gasteiger partial charge is 0.408 e. The lowest BCUT2D eigenvalue weighted by Gasteiger charge is -2.11. The Morgan fingerprint density at radius 3 is 2.45 bits per heavy atom. The molecule has 0 aliphatic heterocycles. The van der Waals surface area contributed by atoms with Gasteiger partial charge in [0.1, 0.15) is 6.61 Å². The Kier molecular flexibility index (Phi) is 5.76. The predicted octanol–water partition coefficient (Wildman–Crippen LogP) is 1.22. The number of nitrogens with one attached hydrogen (secondary N) is 1. The van der Waals surface area contributed by atoms with E-state index >= 15 is 0 Å². The maximum Gasteiger partial charge on any atom is 0.408 e. The van der Waals surface area contributed by atoms with Crippen molar-refractivity contribution in [2.24, 2.45) is 0 Å². The fraction of sp³-hybridized carbons (Fsp3) is 0.357. The predicted molar refractivity (Wildman–Crippen MR) is 80.3 cm³/mol. The molecule has 1 rings (SSSR count). The fourth-order valence-corrected chi connectivity index (χ4v) is 2.16. The molecule has 0 saturated carbocycles. The largest absolute Gasteiger partial charge is 0.445 e. The van der Waals surface area contributed by atoms with Gasteiger partial charge in [-0.25, -0.2) is 4.79 Å². The number of rotatable bonds is 5. The number of amides is 1. The van der Waals surface area contributed by atoms with Crippen LogP contribution in [0.25, 0.3) is 0 Å². The molecule has 0 spiro atoms. The van der Waals surface area contributed by atoms with Crippen LogP contribution >= 0.6 is 0 Å². The monoisotopic (exact) mass is 297 g/mol. The molecular formula is C14H19NO4S. The lowest BCUT2D eigenvalue weighted by atomic mass is 10.2. The second-order valence-corrected chi connectivity index (χ2v) is 7.61. The summed E-state index contributed by atoms with van der Waals surface area (Å²) in [5, 5.41) is 3.54. The number of ether oxygens (including phenoxy) is 1. The van der Waals surface area contributed by atoms with Crippen LogP contribution in [0.3, 0.4) is 0 Å². The summed E-state index contributed by atoms with van der Waals surface area (Å²) in [7, 11) is -2.28. The summed E-state index contributed by atoms with van der Waals surface area (Å²) in [5.41, 5.74) is 0.860. The van der Waals surface area contributed by atoms with Crippen molar-refractivity contribution in [1.29, 1.82) is 0 Å². The minimum absolute atomic E-state index is 0.135. The van der Waals surface area contributed by atoms with E-state index in [4.69, 9.17) is 4.74 Å². The van der Waals surface area contributed by atoms with Gasteiger partial charge in [-0.1, -0.05) is 30.3 Å². The molecule has 0 radical (unpaired) electrons. The summed E-state index contributed by atoms with van der Waals surface area (Å²) >= 11 is 0. The SMILES string of the molecule is C[C@H](NC(=O)OCc1ccccc1)C(=O)C=S(C)(C)=O. The number of carbonyl (C=O) groups is 2. The van der Waals surface area contributed by atoms with Crippen LogP contribution in [0.15, 0.2) is 30.3 Å². The molecule has 6 heteroatoms. The highest BCUT2D eigenvalue weighted by atomic mass is 32.2. The number of hydrogen-bond donors (Lipinski definition) is 1. The zero-order chi connectivity index (χ0) is 15.2. The zero-order valence-electron chi connectivity index (χ0n) is 11.8. The first-order valence-electron chi connectivity index (χ1n) is 6.08. The van der Waals surface area contributed by atoms with Gasteiger partial charge in [-0.05, 0) is 22.0 Å². The second kappa shape index (κ2) is 7.09. The van der Waals surface area contributed by atoms with E-state index < -0.39 is 27.4 Å². The van der Waals surface area contributed by atoms with Crippen molar-refractivity contribution < 1.29 is 18.5 Å². The van der Waals surface area contributed by atoms with Crippen LogP contribution in [0.2, 0.25) is 0 Å². The van der Waals surface area contributed by atoms with E-state index in [9.17, 15) is 13.8 Å². The lowest BCUT2D eigenvalue weighted by molar-refractivity contribution is -0.113. The molecule has 0 aliphatic rings. The van der Waals surface area contributed by atoms with E-state index in [0.29, 0.717) is 0 Å². The summed E-state index contributed by atoms with van der Waals surface area (Å²) in [5.74, 6) is -0.392. The minimum Gasteiger partial charge on any atom is -0.445 e. The molecule has 0 unspecified atom stereocenters. The molecule has 0 aliphatic carbocycles. The van der Waals surface area contributed by atoms with Crippen LogP contribution < -0.4 is 5.32 Å². The summed E-state index contributed by atoms with van der Waals surface area (Å²) < 4.78 is 16.5. The normalized spacial score (nSPS) is 12.3. The average molecular weight is 297 g/mol. The minimum atomic E-state index is -2.28. The van der Waals surface area contributed by atoms with E-state index in [2.05, 4.69) is 5.32 Å². The molecule has 0 aromatic heterocycles. The summed E-state index contributed by atoms with van der Waals surface area (Å²) in [6.07, 6.45) is 2.25. The Bertz CT molecular complexity index is 580. The molecule has 0 heterocycles. The highest BCUT2D eigenvalue weighted by molar-refractivity contribution is 8.01. The van der Waals surface area contributed by atoms with Crippen LogP contribution in [-0.4, -0.2) is 40.0 Å². The van der Waals surface area contributed by atoms with Gasteiger partial charge in [-0.3, -0.25) is 9.00 Å². The van der Waals surface area contributed by atoms with Gasteiger partial charge in [0, 0.05) is 17.9 Å². The molecule has 0 saturated heterocycles. The Labute approximate surface area is 119 Å². The van der Waals surface area contributed by atoms with Crippen molar-refractivity contribution in [2.45, 2.75) is 19.6 Å². The second-order valence-electron chi connectivity index (χ2n) is 4.76. The fourth-order valence-electron chi connectivity index (χ4n) is 1.39. The van der Waals surface area contributed by atoms with Crippen molar-refractivity contribution in [3.05, 3.63) is 35.9 Å². The van der Waals surface area contributed by atoms with Gasteiger partial charge in [0.2, 0.25) is 0 Å². The van der Waals surface area contributed by atoms with Crippen LogP contribution in [0.1, 0.15) is 12.5 Å². The van der Waals surface area contributed by atoms with Gasteiger partial charge in [0.25, 0.3) is 0 Å². The van der Waals surface area contributed by atoms with E-state index in [1.165, 1.54) is 19.4 Å². The molecule has 1 aromatic rings. The quantitative estimate of drug-likeness (QED) is 0.829. The highest BCUT2D eigenvalue weighted by Gasteiger charge is 2.15. The summed E-state index contributed by atoms with van der Waals surface area (Å²) in [6.45, 7) is 1.66. The Hall–Kier alpha value is -1.82. The topological polar surface area (TPSA) is 72.5 Å². The number of benzene rings is 1. The Morgan fingerprint density at radius 1 is 1.30 bits per heavy atom. The Balaban J connectivity index is 2.46. The molecule has 5 nitrogen and oxygen atoms in total. The lowest BCUT2D eigenvalue weighted by Crippen LogP contribution is -2.40. The third-order valence-corrected chi connectivity index (χ3v) is 3.17. The maximum atomic E-state index is 11.7. The van der Waals surface area contributed by atoms with E-state index in [1.807, 2.05) is 30.3 Å². The number of alkyl carbamates (subject to hydrolysis) is 1. The Morgan fingerprint density at radius 2 is 1.90 bits per heavy atom. The third kappa shape index (κ3) is 6.38. The van der Waals surface area contributed by atoms with Gasteiger partial charge in [-0.2, -0.15) is 0 Å². The van der Waals surface area contributed by atoms with Crippen LogP contribution in [0.4, 0.5) is 4.79 Å². The van der Waals surface area contributed by atoms with E-state index in [-0.39, 0.29) is 6.61 Å². The maximum absolute atomic E-state index is 11.7. The van der Waals surface area contributed by atoms with Gasteiger partial charge >= 0.3 is 6.09 Å². The van der Waals surface area contributed by atoms with E-state index in [1.54, 1.807) is 0 Å². The first-order chi connectivity index (χ1) is 9.28. The van der Waals surface area contributed by atoms with Crippen molar-refractivity contribution in [1.82, 2.24) is 5.32 Å². The molecule has 0 fully saturated rings. The molecule has 1 N–H and O–H groups in total. The van der Waals surface area contributed by atoms with Crippen LogP contribution in [0, 0.1) is 0 Å². The first-order valence-corrected chi connectivity index (χ1v) is 8.52. The molecule has 1 amide bonds. The zero-order valence-corrected chi connectivity index (χ0v) is 12.6. The highest BCUT2D eigenvalue weighted by Crippen LogP contribution is 2.00. The van der Waals surface area contributed by atoms with Gasteiger partial charge in [0.05, 0.1) is 6.04 Å². The molecular weight excluding hydrogens is 278 g/mol. The average Bonchev–Trinajstić information content (AvgIpc) is 2.35. The molecule has 110 valence electrons. The van der Waals surface area contributed by atoms with Gasteiger partial charge < -0.3 is 10.1 Å². The molecule has 1 atom stereocenters. The van der Waals surface area contributed by atoms with Crippen molar-refractivity contribution >= 4 is 26.8 Å². The first kappa shape index (κ1) is 16.2.